The summed E-state index contributed by atoms with van der Waals surface area (Å²) in [5, 5.41) is 84.7. The normalized spacial score (nSPS) is 46.7. The van der Waals surface area contributed by atoms with E-state index in [-0.39, 0.29) is 12.3 Å². The van der Waals surface area contributed by atoms with E-state index in [1.54, 1.807) is 50.3 Å². The van der Waals surface area contributed by atoms with Gasteiger partial charge < -0.3 is 65.5 Å². The van der Waals surface area contributed by atoms with Gasteiger partial charge in [0.2, 0.25) is 0 Å². The summed E-state index contributed by atoms with van der Waals surface area (Å²) in [5.74, 6) is -6.15. The molecule has 0 aliphatic carbocycles. The van der Waals surface area contributed by atoms with Gasteiger partial charge in [-0.1, -0.05) is 55.5 Å². The Bertz CT molecular complexity index is 1240. The lowest BCUT2D eigenvalue weighted by Gasteiger charge is -2.45. The molecule has 10 unspecified atom stereocenters. The number of cyclic esters (lactones) is 1. The second-order valence-electron chi connectivity index (χ2n) is 13.0. The Kier molecular flexibility index (Phi) is 15.3. The Hall–Kier alpha value is -2.80. The van der Waals surface area contributed by atoms with Crippen LogP contribution in [0.15, 0.2) is 60.8 Å². The number of carboxylic acids is 1. The molecule has 0 spiro atoms. The molecule has 0 aromatic heterocycles. The fourth-order valence-electron chi connectivity index (χ4n) is 5.86. The van der Waals surface area contributed by atoms with Crippen molar-refractivity contribution in [1.82, 2.24) is 0 Å². The summed E-state index contributed by atoms with van der Waals surface area (Å²) in [7, 11) is 0. The number of aliphatic hydroxyl groups excluding tert-OH is 6. The van der Waals surface area contributed by atoms with Gasteiger partial charge in [-0.25, -0.2) is 4.79 Å². The minimum absolute atomic E-state index is 0.171. The lowest BCUT2D eigenvalue weighted by molar-refractivity contribution is -0.308. The highest BCUT2D eigenvalue weighted by Gasteiger charge is 2.51. The van der Waals surface area contributed by atoms with E-state index in [9.17, 15) is 50.4 Å². The molecule has 3 rings (SSSR count). The van der Waals surface area contributed by atoms with Crippen molar-refractivity contribution < 1.29 is 69.4 Å². The molecule has 0 radical (unpaired) electrons. The lowest BCUT2D eigenvalue weighted by atomic mass is 9.82. The molecule has 276 valence electrons. The Balaban J connectivity index is 1.94. The molecule has 0 aromatic carbocycles. The van der Waals surface area contributed by atoms with Crippen molar-refractivity contribution >= 4 is 11.9 Å². The van der Waals surface area contributed by atoms with Crippen LogP contribution in [0.25, 0.3) is 0 Å². The van der Waals surface area contributed by atoms with Crippen LogP contribution in [0.2, 0.25) is 0 Å². The average Bonchev–Trinajstić information content (AvgIpc) is 3.00. The molecule has 2 bridgehead atoms. The van der Waals surface area contributed by atoms with Crippen LogP contribution >= 0.6 is 0 Å². The standard InChI is InChI=1S/C34H51NO14/c1-18-10-8-6-4-5-7-9-11-22(48-33-31(42)29(35)30(41)20(3)47-33)15-26-28(32(43)44)25(39)17-34(45,49-26)16-21(36)14-24(38)23(37)12-13-27(40)46-19(18)2/h4-13,18-26,28-31,33,36-39,41-42,45H,14-17,35H2,1-3H3,(H,43,44)/b6-4+,7-5+,10-8+,11-9+,13-12+/t18?,19?,20-,21?,22?,23?,24?,25?,26?,28?,29+,30-,31+,33+,34?/m1/s1. The molecule has 0 saturated carbocycles. The number of aliphatic hydroxyl groups is 7. The van der Waals surface area contributed by atoms with Gasteiger partial charge in [-0.2, -0.15) is 0 Å². The van der Waals surface area contributed by atoms with Crippen molar-refractivity contribution in [2.24, 2.45) is 17.6 Å². The summed E-state index contributed by atoms with van der Waals surface area (Å²) in [6, 6.07) is -1.11. The van der Waals surface area contributed by atoms with E-state index in [0.29, 0.717) is 0 Å². The third kappa shape index (κ3) is 11.9. The molecule has 2 saturated heterocycles. The van der Waals surface area contributed by atoms with E-state index in [2.05, 4.69) is 0 Å². The maximum atomic E-state index is 12.3. The van der Waals surface area contributed by atoms with Gasteiger partial charge in [0.15, 0.2) is 12.1 Å². The van der Waals surface area contributed by atoms with Gasteiger partial charge in [0.25, 0.3) is 0 Å². The minimum atomic E-state index is -2.27. The Morgan fingerprint density at radius 2 is 1.49 bits per heavy atom. The van der Waals surface area contributed by atoms with Gasteiger partial charge in [-0.05, 0) is 19.9 Å². The van der Waals surface area contributed by atoms with E-state index in [4.69, 9.17) is 24.7 Å². The van der Waals surface area contributed by atoms with Crippen molar-refractivity contribution in [3.8, 4) is 0 Å². The van der Waals surface area contributed by atoms with Crippen LogP contribution in [-0.2, 0) is 28.5 Å². The van der Waals surface area contributed by atoms with E-state index in [1.165, 1.54) is 6.08 Å². The number of aliphatic carboxylic acids is 1. The largest absolute Gasteiger partial charge is 0.481 e. The van der Waals surface area contributed by atoms with Crippen molar-refractivity contribution in [2.45, 2.75) is 126 Å². The highest BCUT2D eigenvalue weighted by Crippen LogP contribution is 2.38. The SMILES string of the molecule is CC1/C=C/C=C/C=C/C=C/C(O[C@@H]2O[C@H](C)[C@@H](O)[C@H](N)[C@@H]2O)CC2OC(O)(CC(O)CC(O)C(O)/C=C/C(=O)OC1C)CC(O)C2C(=O)O. The Morgan fingerprint density at radius 3 is 2.14 bits per heavy atom. The molecule has 49 heavy (non-hydrogen) atoms. The molecule has 0 amide bonds. The summed E-state index contributed by atoms with van der Waals surface area (Å²) < 4.78 is 22.9. The van der Waals surface area contributed by atoms with Crippen LogP contribution in [0, 0.1) is 11.8 Å². The van der Waals surface area contributed by atoms with E-state index in [1.807, 2.05) is 13.0 Å². The molecular weight excluding hydrogens is 646 g/mol. The molecule has 3 aliphatic heterocycles. The second-order valence-corrected chi connectivity index (χ2v) is 13.0. The minimum Gasteiger partial charge on any atom is -0.481 e. The maximum absolute atomic E-state index is 12.3. The third-order valence-electron chi connectivity index (χ3n) is 8.90. The number of ether oxygens (including phenoxy) is 4. The van der Waals surface area contributed by atoms with Crippen molar-refractivity contribution in [3.63, 3.8) is 0 Å². The van der Waals surface area contributed by atoms with E-state index in [0.717, 1.165) is 12.2 Å². The van der Waals surface area contributed by atoms with Crippen LogP contribution in [0.5, 0.6) is 0 Å². The number of hydrogen-bond donors (Lipinski definition) is 9. The molecule has 10 N–H and O–H groups in total. The molecule has 15 heteroatoms. The molecule has 2 fully saturated rings. The maximum Gasteiger partial charge on any atom is 0.330 e. The van der Waals surface area contributed by atoms with E-state index >= 15 is 0 Å². The number of carbonyl (C=O) groups is 2. The molecule has 3 heterocycles. The lowest BCUT2D eigenvalue weighted by Crippen LogP contribution is -2.61. The van der Waals surface area contributed by atoms with Gasteiger partial charge in [0.1, 0.15) is 18.1 Å². The van der Waals surface area contributed by atoms with Crippen molar-refractivity contribution in [1.29, 1.82) is 0 Å². The molecule has 15 atom stereocenters. The third-order valence-corrected chi connectivity index (χ3v) is 8.90. The van der Waals surface area contributed by atoms with Gasteiger partial charge in [-0.15, -0.1) is 0 Å². The van der Waals surface area contributed by atoms with Gasteiger partial charge in [0, 0.05) is 37.7 Å². The summed E-state index contributed by atoms with van der Waals surface area (Å²) in [6.07, 6.45) is -0.575. The quantitative estimate of drug-likeness (QED) is 0.166. The first-order valence-electron chi connectivity index (χ1n) is 16.4. The van der Waals surface area contributed by atoms with Gasteiger partial charge in [-0.3, -0.25) is 4.79 Å². The Labute approximate surface area is 285 Å². The summed E-state index contributed by atoms with van der Waals surface area (Å²) >= 11 is 0. The smallest absolute Gasteiger partial charge is 0.330 e. The van der Waals surface area contributed by atoms with Crippen LogP contribution in [0.1, 0.15) is 46.5 Å². The van der Waals surface area contributed by atoms with Gasteiger partial charge in [0.05, 0.1) is 54.9 Å². The number of esters is 1. The zero-order valence-electron chi connectivity index (χ0n) is 27.8. The summed E-state index contributed by atoms with van der Waals surface area (Å²) in [5.41, 5.74) is 5.96. The molecule has 15 nitrogen and oxygen atoms in total. The monoisotopic (exact) mass is 697 g/mol. The van der Waals surface area contributed by atoms with Crippen LogP contribution in [-0.4, -0.2) is 132 Å². The number of nitrogens with two attached hydrogens (primary N) is 1. The van der Waals surface area contributed by atoms with Crippen LogP contribution in [0.4, 0.5) is 0 Å². The molecule has 0 aromatic rings. The van der Waals surface area contributed by atoms with Crippen molar-refractivity contribution in [3.05, 3.63) is 60.8 Å². The number of carbonyl (C=O) groups excluding carboxylic acids is 1. The predicted molar refractivity (Wildman–Crippen MR) is 173 cm³/mol. The number of carboxylic acid groups (broad SMARTS) is 1. The molecule has 3 aliphatic rings. The Morgan fingerprint density at radius 1 is 0.857 bits per heavy atom. The summed E-state index contributed by atoms with van der Waals surface area (Å²) in [4.78, 5) is 24.5. The van der Waals surface area contributed by atoms with Crippen molar-refractivity contribution in [2.75, 3.05) is 0 Å². The second kappa shape index (κ2) is 18.4. The number of fused-ring (bicyclic) bond motifs is 2. The highest BCUT2D eigenvalue weighted by atomic mass is 16.7. The first-order valence-corrected chi connectivity index (χ1v) is 16.4. The van der Waals surface area contributed by atoms with Gasteiger partial charge >= 0.3 is 11.9 Å². The summed E-state index contributed by atoms with van der Waals surface area (Å²) in [6.45, 7) is 5.09. The number of hydrogen-bond acceptors (Lipinski definition) is 14. The van der Waals surface area contributed by atoms with Crippen LogP contribution < -0.4 is 5.73 Å². The van der Waals surface area contributed by atoms with E-state index < -0.39 is 116 Å². The first kappa shape index (κ1) is 40.6. The van der Waals surface area contributed by atoms with Crippen LogP contribution in [0.3, 0.4) is 0 Å². The zero-order valence-corrected chi connectivity index (χ0v) is 27.8. The average molecular weight is 698 g/mol. The molecular formula is C34H51NO14. The fourth-order valence-corrected chi connectivity index (χ4v) is 5.86. The predicted octanol–water partition coefficient (Wildman–Crippen LogP) is -0.680. The first-order chi connectivity index (χ1) is 23.0. The topological polar surface area (TPSA) is 259 Å². The number of rotatable bonds is 3. The highest BCUT2D eigenvalue weighted by molar-refractivity contribution is 5.82. The fraction of sp³-hybridized carbons (Fsp3) is 0.647. The number of allylic oxidation sites excluding steroid dienone is 6. The zero-order chi connectivity index (χ0) is 36.5.